The number of primary amides is 1. The van der Waals surface area contributed by atoms with Gasteiger partial charge in [-0.15, -0.1) is 0 Å². The fourth-order valence-electron chi connectivity index (χ4n) is 1.27. The van der Waals surface area contributed by atoms with Crippen molar-refractivity contribution in [3.63, 3.8) is 0 Å². The first kappa shape index (κ1) is 11.9. The van der Waals surface area contributed by atoms with Gasteiger partial charge in [-0.2, -0.15) is 4.37 Å². The summed E-state index contributed by atoms with van der Waals surface area (Å²) in [7, 11) is 0. The number of amides is 1. The number of benzene rings is 1. The molecule has 1 amide bonds. The first-order valence-electron chi connectivity index (χ1n) is 4.74. The van der Waals surface area contributed by atoms with Crippen LogP contribution >= 0.6 is 23.3 Å². The zero-order valence-electron chi connectivity index (χ0n) is 9.01. The van der Waals surface area contributed by atoms with Crippen molar-refractivity contribution in [2.24, 2.45) is 5.73 Å². The molecular weight excluding hydrogens is 256 g/mol. The maximum Gasteiger partial charge on any atom is 0.249 e. The van der Waals surface area contributed by atoms with Crippen molar-refractivity contribution in [2.75, 3.05) is 5.73 Å². The van der Waals surface area contributed by atoms with Crippen LogP contribution in [-0.4, -0.2) is 15.3 Å². The minimum atomic E-state index is -0.499. The summed E-state index contributed by atoms with van der Waals surface area (Å²) in [5.41, 5.74) is 12.1. The Labute approximate surface area is 106 Å². The largest absolute Gasteiger partial charge is 0.398 e. The lowest BCUT2D eigenvalue weighted by Crippen LogP contribution is -2.12. The number of nitrogen functional groups attached to an aromatic ring is 1. The Morgan fingerprint density at radius 3 is 2.82 bits per heavy atom. The van der Waals surface area contributed by atoms with E-state index < -0.39 is 5.91 Å². The van der Waals surface area contributed by atoms with E-state index in [1.807, 2.05) is 6.92 Å². The van der Waals surface area contributed by atoms with E-state index in [1.165, 1.54) is 23.3 Å². The molecule has 1 heterocycles. The maximum absolute atomic E-state index is 11.3. The van der Waals surface area contributed by atoms with E-state index >= 15 is 0 Å². The lowest BCUT2D eigenvalue weighted by molar-refractivity contribution is 0.0997. The van der Waals surface area contributed by atoms with Crippen LogP contribution in [0.25, 0.3) is 0 Å². The van der Waals surface area contributed by atoms with E-state index in [9.17, 15) is 4.79 Å². The molecule has 7 heteroatoms. The first-order valence-corrected chi connectivity index (χ1v) is 6.33. The van der Waals surface area contributed by atoms with Gasteiger partial charge in [0.05, 0.1) is 10.5 Å². The Bertz CT molecular complexity index is 567. The van der Waals surface area contributed by atoms with Gasteiger partial charge in [-0.1, -0.05) is 17.8 Å². The highest BCUT2D eigenvalue weighted by atomic mass is 32.2. The standard InChI is InChI=1S/C10H10N4OS2/c1-5-13-10(17-14-5)16-8-6(9(12)15)3-2-4-7(8)11/h2-4H,11H2,1H3,(H2,12,15). The summed E-state index contributed by atoms with van der Waals surface area (Å²) in [5.74, 6) is 0.202. The minimum Gasteiger partial charge on any atom is -0.398 e. The van der Waals surface area contributed by atoms with Gasteiger partial charge in [-0.3, -0.25) is 4.79 Å². The Morgan fingerprint density at radius 2 is 2.24 bits per heavy atom. The van der Waals surface area contributed by atoms with Crippen molar-refractivity contribution in [1.82, 2.24) is 9.36 Å². The summed E-state index contributed by atoms with van der Waals surface area (Å²) >= 11 is 2.58. The molecule has 0 atom stereocenters. The summed E-state index contributed by atoms with van der Waals surface area (Å²) in [5, 5.41) is 0. The van der Waals surface area contributed by atoms with E-state index in [4.69, 9.17) is 11.5 Å². The van der Waals surface area contributed by atoms with Crippen molar-refractivity contribution < 1.29 is 4.79 Å². The van der Waals surface area contributed by atoms with Crippen molar-refractivity contribution in [3.05, 3.63) is 29.6 Å². The second-order valence-electron chi connectivity index (χ2n) is 3.30. The summed E-state index contributed by atoms with van der Waals surface area (Å²) in [6, 6.07) is 5.07. The molecule has 2 aromatic rings. The van der Waals surface area contributed by atoms with Crippen LogP contribution in [0.1, 0.15) is 16.2 Å². The second-order valence-corrected chi connectivity index (χ2v) is 5.31. The third-order valence-electron chi connectivity index (χ3n) is 2.01. The third kappa shape index (κ3) is 2.56. The van der Waals surface area contributed by atoms with Gasteiger partial charge in [0.2, 0.25) is 5.91 Å². The highest BCUT2D eigenvalue weighted by Crippen LogP contribution is 2.35. The number of nitrogens with zero attached hydrogens (tertiary/aromatic N) is 2. The molecular formula is C10H10N4OS2. The summed E-state index contributed by atoms with van der Waals surface area (Å²) in [6.45, 7) is 1.81. The number of anilines is 1. The SMILES string of the molecule is Cc1nsc(Sc2c(N)cccc2C(N)=O)n1. The third-order valence-corrected chi connectivity index (χ3v) is 4.01. The van der Waals surface area contributed by atoms with Gasteiger partial charge in [0.25, 0.3) is 0 Å². The molecule has 0 saturated heterocycles. The highest BCUT2D eigenvalue weighted by molar-refractivity contribution is 8.01. The Kier molecular flexibility index (Phi) is 3.30. The lowest BCUT2D eigenvalue weighted by atomic mass is 10.2. The maximum atomic E-state index is 11.3. The van der Waals surface area contributed by atoms with E-state index in [2.05, 4.69) is 9.36 Å². The van der Waals surface area contributed by atoms with Crippen molar-refractivity contribution in [2.45, 2.75) is 16.2 Å². The van der Waals surface area contributed by atoms with Gasteiger partial charge >= 0.3 is 0 Å². The highest BCUT2D eigenvalue weighted by Gasteiger charge is 2.14. The number of rotatable bonds is 3. The van der Waals surface area contributed by atoms with Crippen LogP contribution in [0.4, 0.5) is 5.69 Å². The van der Waals surface area contributed by atoms with E-state index in [0.29, 0.717) is 22.0 Å². The van der Waals surface area contributed by atoms with Crippen LogP contribution < -0.4 is 11.5 Å². The molecule has 0 radical (unpaired) electrons. The molecule has 88 valence electrons. The first-order chi connectivity index (χ1) is 8.08. The monoisotopic (exact) mass is 266 g/mol. The fourth-order valence-corrected chi connectivity index (χ4v) is 3.02. The Balaban J connectivity index is 2.40. The smallest absolute Gasteiger partial charge is 0.249 e. The predicted octanol–water partition coefficient (Wildman–Crippen LogP) is 1.68. The average molecular weight is 266 g/mol. The van der Waals surface area contributed by atoms with Crippen LogP contribution in [0.5, 0.6) is 0 Å². The van der Waals surface area contributed by atoms with E-state index in [0.717, 1.165) is 4.34 Å². The molecule has 0 spiro atoms. The van der Waals surface area contributed by atoms with Gasteiger partial charge in [0.1, 0.15) is 5.82 Å². The van der Waals surface area contributed by atoms with Crippen LogP contribution in [-0.2, 0) is 0 Å². The summed E-state index contributed by atoms with van der Waals surface area (Å²) in [4.78, 5) is 16.1. The zero-order chi connectivity index (χ0) is 12.4. The normalized spacial score (nSPS) is 10.4. The number of aromatic nitrogens is 2. The summed E-state index contributed by atoms with van der Waals surface area (Å²) < 4.78 is 4.81. The molecule has 0 unspecified atom stereocenters. The fraction of sp³-hybridized carbons (Fsp3) is 0.100. The average Bonchev–Trinajstić information content (AvgIpc) is 2.67. The quantitative estimate of drug-likeness (QED) is 0.824. The van der Waals surface area contributed by atoms with Crippen molar-refractivity contribution in [1.29, 1.82) is 0 Å². The number of carbonyl (C=O) groups is 1. The molecule has 1 aromatic heterocycles. The molecule has 0 aliphatic rings. The number of nitrogens with two attached hydrogens (primary N) is 2. The molecule has 2 rings (SSSR count). The van der Waals surface area contributed by atoms with Crippen LogP contribution in [0.3, 0.4) is 0 Å². The van der Waals surface area contributed by atoms with E-state index in [-0.39, 0.29) is 0 Å². The molecule has 0 bridgehead atoms. The van der Waals surface area contributed by atoms with Crippen molar-refractivity contribution >= 4 is 34.9 Å². The van der Waals surface area contributed by atoms with Gasteiger partial charge in [-0.25, -0.2) is 4.98 Å². The number of hydrogen-bond donors (Lipinski definition) is 2. The molecule has 0 fully saturated rings. The molecule has 4 N–H and O–H groups in total. The number of aryl methyl sites for hydroxylation is 1. The Morgan fingerprint density at radius 1 is 1.47 bits per heavy atom. The van der Waals surface area contributed by atoms with E-state index in [1.54, 1.807) is 18.2 Å². The minimum absolute atomic E-state index is 0.405. The zero-order valence-corrected chi connectivity index (χ0v) is 10.6. The molecule has 17 heavy (non-hydrogen) atoms. The Hall–Kier alpha value is -1.60. The molecule has 1 aromatic carbocycles. The van der Waals surface area contributed by atoms with Crippen molar-refractivity contribution in [3.8, 4) is 0 Å². The summed E-state index contributed by atoms with van der Waals surface area (Å²) in [6.07, 6.45) is 0. The molecule has 0 aliphatic carbocycles. The van der Waals surface area contributed by atoms with Crippen LogP contribution in [0.2, 0.25) is 0 Å². The molecule has 5 nitrogen and oxygen atoms in total. The van der Waals surface area contributed by atoms with Gasteiger partial charge in [0.15, 0.2) is 4.34 Å². The van der Waals surface area contributed by atoms with Crippen LogP contribution in [0, 0.1) is 6.92 Å². The number of carbonyl (C=O) groups excluding carboxylic acids is 1. The topological polar surface area (TPSA) is 94.9 Å². The van der Waals surface area contributed by atoms with Gasteiger partial charge in [-0.05, 0) is 30.6 Å². The second kappa shape index (κ2) is 4.72. The van der Waals surface area contributed by atoms with Gasteiger partial charge < -0.3 is 11.5 Å². The molecule has 0 aliphatic heterocycles. The number of hydrogen-bond acceptors (Lipinski definition) is 6. The van der Waals surface area contributed by atoms with Gasteiger partial charge in [0, 0.05) is 5.69 Å². The molecule has 0 saturated carbocycles. The lowest BCUT2D eigenvalue weighted by Gasteiger charge is -2.06. The van der Waals surface area contributed by atoms with Crippen LogP contribution in [0.15, 0.2) is 27.4 Å². The predicted molar refractivity (Wildman–Crippen MR) is 68.1 cm³/mol.